The van der Waals surface area contributed by atoms with Crippen LogP contribution in [0.4, 0.5) is 0 Å². The maximum Gasteiger partial charge on any atom is 0.143 e. The molecule has 0 unspecified atom stereocenters. The first kappa shape index (κ1) is 11.3. The van der Waals surface area contributed by atoms with E-state index >= 15 is 0 Å². The first-order chi connectivity index (χ1) is 6.52. The quantitative estimate of drug-likeness (QED) is 0.529. The van der Waals surface area contributed by atoms with Crippen molar-refractivity contribution in [3.8, 4) is 11.8 Å². The first-order valence-corrected chi connectivity index (χ1v) is 5.13. The van der Waals surface area contributed by atoms with Crippen LogP contribution in [-0.4, -0.2) is 35.2 Å². The standard InChI is InChI=1S/C12H19NO/c1-11(2)12(3,14)7-6-10-13-8-4-5-9-13/h14H,1,4-5,8-10H2,2-3H3/t12-/m0/s1. The summed E-state index contributed by atoms with van der Waals surface area (Å²) in [6.45, 7) is 10.2. The summed E-state index contributed by atoms with van der Waals surface area (Å²) in [6.07, 6.45) is 2.55. The van der Waals surface area contributed by atoms with E-state index < -0.39 is 5.60 Å². The van der Waals surface area contributed by atoms with E-state index in [1.54, 1.807) is 13.8 Å². The van der Waals surface area contributed by atoms with E-state index in [0.29, 0.717) is 5.57 Å². The smallest absolute Gasteiger partial charge is 0.143 e. The van der Waals surface area contributed by atoms with Gasteiger partial charge in [0.15, 0.2) is 0 Å². The minimum atomic E-state index is -1.03. The lowest BCUT2D eigenvalue weighted by molar-refractivity contribution is 0.161. The van der Waals surface area contributed by atoms with Crippen LogP contribution in [0.5, 0.6) is 0 Å². The lowest BCUT2D eigenvalue weighted by Gasteiger charge is -2.16. The average molecular weight is 193 g/mol. The molecule has 0 spiro atoms. The van der Waals surface area contributed by atoms with Gasteiger partial charge in [0.2, 0.25) is 0 Å². The van der Waals surface area contributed by atoms with Gasteiger partial charge < -0.3 is 5.11 Å². The van der Waals surface area contributed by atoms with Crippen molar-refractivity contribution in [2.45, 2.75) is 32.3 Å². The maximum atomic E-state index is 9.77. The van der Waals surface area contributed by atoms with Crippen LogP contribution in [-0.2, 0) is 0 Å². The van der Waals surface area contributed by atoms with Gasteiger partial charge in [-0.2, -0.15) is 0 Å². The Labute approximate surface area is 86.6 Å². The first-order valence-electron chi connectivity index (χ1n) is 5.13. The summed E-state index contributed by atoms with van der Waals surface area (Å²) in [6, 6.07) is 0. The van der Waals surface area contributed by atoms with Gasteiger partial charge in [-0.15, -0.1) is 0 Å². The molecule has 2 heteroatoms. The maximum absolute atomic E-state index is 9.77. The number of hydrogen-bond acceptors (Lipinski definition) is 2. The van der Waals surface area contributed by atoms with Gasteiger partial charge in [0.1, 0.15) is 5.60 Å². The van der Waals surface area contributed by atoms with Crippen molar-refractivity contribution in [3.05, 3.63) is 12.2 Å². The Morgan fingerprint density at radius 1 is 1.50 bits per heavy atom. The summed E-state index contributed by atoms with van der Waals surface area (Å²) >= 11 is 0. The Morgan fingerprint density at radius 2 is 2.07 bits per heavy atom. The summed E-state index contributed by atoms with van der Waals surface area (Å²) in [5.41, 5.74) is -0.328. The molecule has 1 fully saturated rings. The Kier molecular flexibility index (Phi) is 3.74. The molecular formula is C12H19NO. The van der Waals surface area contributed by atoms with Crippen LogP contribution in [0.1, 0.15) is 26.7 Å². The Morgan fingerprint density at radius 3 is 2.57 bits per heavy atom. The fourth-order valence-electron chi connectivity index (χ4n) is 1.37. The topological polar surface area (TPSA) is 23.5 Å². The van der Waals surface area contributed by atoms with E-state index in [-0.39, 0.29) is 0 Å². The predicted molar refractivity (Wildman–Crippen MR) is 58.9 cm³/mol. The number of nitrogens with zero attached hydrogens (tertiary/aromatic N) is 1. The second-order valence-corrected chi connectivity index (χ2v) is 4.14. The lowest BCUT2D eigenvalue weighted by atomic mass is 10.00. The Hall–Kier alpha value is -0.780. The molecule has 0 aliphatic carbocycles. The molecule has 0 radical (unpaired) electrons. The molecule has 1 rings (SSSR count). The van der Waals surface area contributed by atoms with Crippen molar-refractivity contribution < 1.29 is 5.11 Å². The number of aliphatic hydroxyl groups is 1. The fraction of sp³-hybridized carbons (Fsp3) is 0.667. The second-order valence-electron chi connectivity index (χ2n) is 4.14. The monoisotopic (exact) mass is 193 g/mol. The van der Waals surface area contributed by atoms with Crippen LogP contribution in [0.15, 0.2) is 12.2 Å². The van der Waals surface area contributed by atoms with E-state index in [4.69, 9.17) is 0 Å². The molecule has 1 saturated heterocycles. The molecule has 0 aromatic carbocycles. The normalized spacial score (nSPS) is 21.1. The number of hydrogen-bond donors (Lipinski definition) is 1. The van der Waals surface area contributed by atoms with Gasteiger partial charge in [0.05, 0.1) is 6.54 Å². The van der Waals surface area contributed by atoms with Gasteiger partial charge in [0.25, 0.3) is 0 Å². The van der Waals surface area contributed by atoms with E-state index in [1.807, 2.05) is 0 Å². The van der Waals surface area contributed by atoms with Gasteiger partial charge in [-0.1, -0.05) is 18.4 Å². The average Bonchev–Trinajstić information content (AvgIpc) is 2.56. The highest BCUT2D eigenvalue weighted by Gasteiger charge is 2.17. The molecule has 1 N–H and O–H groups in total. The number of rotatable bonds is 2. The summed E-state index contributed by atoms with van der Waals surface area (Å²) in [4.78, 5) is 2.31. The van der Waals surface area contributed by atoms with Gasteiger partial charge in [-0.05, 0) is 45.4 Å². The van der Waals surface area contributed by atoms with Crippen LogP contribution in [0.2, 0.25) is 0 Å². The van der Waals surface area contributed by atoms with Crippen molar-refractivity contribution in [3.63, 3.8) is 0 Å². The Balaban J connectivity index is 2.42. The molecule has 0 amide bonds. The third-order valence-electron chi connectivity index (χ3n) is 2.66. The van der Waals surface area contributed by atoms with E-state index in [2.05, 4.69) is 23.3 Å². The largest absolute Gasteiger partial charge is 0.374 e. The van der Waals surface area contributed by atoms with Crippen molar-refractivity contribution in [1.82, 2.24) is 4.90 Å². The van der Waals surface area contributed by atoms with Crippen molar-refractivity contribution in [2.75, 3.05) is 19.6 Å². The van der Waals surface area contributed by atoms with Crippen LogP contribution >= 0.6 is 0 Å². The second kappa shape index (κ2) is 4.63. The minimum Gasteiger partial charge on any atom is -0.374 e. The minimum absolute atomic E-state index is 0.700. The molecule has 0 aromatic heterocycles. The zero-order valence-corrected chi connectivity index (χ0v) is 9.14. The molecule has 2 nitrogen and oxygen atoms in total. The fourth-order valence-corrected chi connectivity index (χ4v) is 1.37. The highest BCUT2D eigenvalue weighted by atomic mass is 16.3. The third-order valence-corrected chi connectivity index (χ3v) is 2.66. The van der Waals surface area contributed by atoms with Gasteiger partial charge in [-0.3, -0.25) is 4.90 Å². The molecule has 0 aromatic rings. The lowest BCUT2D eigenvalue weighted by Crippen LogP contribution is -2.24. The molecule has 1 atom stereocenters. The third kappa shape index (κ3) is 3.17. The molecule has 1 aliphatic rings. The van der Waals surface area contributed by atoms with Gasteiger partial charge in [-0.25, -0.2) is 0 Å². The van der Waals surface area contributed by atoms with Crippen LogP contribution < -0.4 is 0 Å². The summed E-state index contributed by atoms with van der Waals surface area (Å²) in [5, 5.41) is 9.77. The molecule has 0 saturated carbocycles. The SMILES string of the molecule is C=C(C)[C@@](C)(O)C#CCN1CCCC1. The van der Waals surface area contributed by atoms with Crippen LogP contribution in [0.3, 0.4) is 0 Å². The van der Waals surface area contributed by atoms with E-state index in [9.17, 15) is 5.11 Å². The van der Waals surface area contributed by atoms with Gasteiger partial charge in [0, 0.05) is 0 Å². The van der Waals surface area contributed by atoms with E-state index in [1.165, 1.54) is 12.8 Å². The molecule has 78 valence electrons. The highest BCUT2D eigenvalue weighted by molar-refractivity contribution is 5.26. The van der Waals surface area contributed by atoms with Crippen molar-refractivity contribution >= 4 is 0 Å². The predicted octanol–water partition coefficient (Wildman–Crippen LogP) is 1.41. The molecular weight excluding hydrogens is 174 g/mol. The summed E-state index contributed by atoms with van der Waals surface area (Å²) < 4.78 is 0. The molecule has 1 heterocycles. The highest BCUT2D eigenvalue weighted by Crippen LogP contribution is 2.12. The summed E-state index contributed by atoms with van der Waals surface area (Å²) in [5.74, 6) is 5.86. The van der Waals surface area contributed by atoms with E-state index in [0.717, 1.165) is 19.6 Å². The van der Waals surface area contributed by atoms with Crippen LogP contribution in [0.25, 0.3) is 0 Å². The zero-order chi connectivity index (χ0) is 10.6. The van der Waals surface area contributed by atoms with Crippen molar-refractivity contribution in [2.24, 2.45) is 0 Å². The van der Waals surface area contributed by atoms with Gasteiger partial charge >= 0.3 is 0 Å². The summed E-state index contributed by atoms with van der Waals surface area (Å²) in [7, 11) is 0. The Bertz CT molecular complexity index is 264. The molecule has 0 bridgehead atoms. The zero-order valence-electron chi connectivity index (χ0n) is 9.14. The van der Waals surface area contributed by atoms with Crippen LogP contribution in [0, 0.1) is 11.8 Å². The molecule has 14 heavy (non-hydrogen) atoms. The molecule has 1 aliphatic heterocycles. The number of likely N-dealkylation sites (tertiary alicyclic amines) is 1. The van der Waals surface area contributed by atoms with Crippen molar-refractivity contribution in [1.29, 1.82) is 0 Å².